The average molecular weight is 302 g/mol. The SMILES string of the molecule is Cc1cc(C(C)NC(=O)[C@H](N)Cc2ccccc2)c(C)s1. The number of aryl methyl sites for hydroxylation is 2. The topological polar surface area (TPSA) is 55.1 Å². The quantitative estimate of drug-likeness (QED) is 0.891. The number of thiophene rings is 1. The van der Waals surface area contributed by atoms with E-state index in [-0.39, 0.29) is 11.9 Å². The van der Waals surface area contributed by atoms with Crippen molar-refractivity contribution in [1.29, 1.82) is 0 Å². The van der Waals surface area contributed by atoms with Gasteiger partial charge in [-0.2, -0.15) is 0 Å². The van der Waals surface area contributed by atoms with E-state index in [1.807, 2.05) is 37.3 Å². The Balaban J connectivity index is 1.96. The summed E-state index contributed by atoms with van der Waals surface area (Å²) in [5.41, 5.74) is 8.27. The van der Waals surface area contributed by atoms with Gasteiger partial charge < -0.3 is 11.1 Å². The molecule has 0 fully saturated rings. The summed E-state index contributed by atoms with van der Waals surface area (Å²) in [6, 6.07) is 11.5. The van der Waals surface area contributed by atoms with Crippen LogP contribution in [0.2, 0.25) is 0 Å². The predicted molar refractivity (Wildman–Crippen MR) is 88.5 cm³/mol. The van der Waals surface area contributed by atoms with Gasteiger partial charge in [0.05, 0.1) is 12.1 Å². The van der Waals surface area contributed by atoms with Gasteiger partial charge in [0.2, 0.25) is 5.91 Å². The lowest BCUT2D eigenvalue weighted by molar-refractivity contribution is -0.123. The van der Waals surface area contributed by atoms with Crippen LogP contribution < -0.4 is 11.1 Å². The molecular formula is C17H22N2OS. The third-order valence-electron chi connectivity index (χ3n) is 3.54. The van der Waals surface area contributed by atoms with Crippen LogP contribution in [-0.2, 0) is 11.2 Å². The molecule has 0 saturated heterocycles. The summed E-state index contributed by atoms with van der Waals surface area (Å²) in [6.45, 7) is 6.16. The molecule has 0 bridgehead atoms. The Bertz CT molecular complexity index is 607. The Kier molecular flexibility index (Phi) is 5.15. The van der Waals surface area contributed by atoms with Crippen molar-refractivity contribution in [3.8, 4) is 0 Å². The number of nitrogens with two attached hydrogens (primary N) is 1. The zero-order valence-corrected chi connectivity index (χ0v) is 13.5. The Labute approximate surface area is 130 Å². The lowest BCUT2D eigenvalue weighted by Crippen LogP contribution is -2.43. The molecule has 0 radical (unpaired) electrons. The second-order valence-corrected chi connectivity index (χ2v) is 6.86. The van der Waals surface area contributed by atoms with E-state index in [2.05, 4.69) is 25.2 Å². The molecule has 1 aromatic carbocycles. The van der Waals surface area contributed by atoms with Crippen molar-refractivity contribution in [2.75, 3.05) is 0 Å². The number of benzene rings is 1. The van der Waals surface area contributed by atoms with E-state index >= 15 is 0 Å². The molecule has 3 nitrogen and oxygen atoms in total. The number of carbonyl (C=O) groups excluding carboxylic acids is 1. The van der Waals surface area contributed by atoms with E-state index in [1.165, 1.54) is 15.3 Å². The molecule has 0 aliphatic carbocycles. The molecular weight excluding hydrogens is 280 g/mol. The van der Waals surface area contributed by atoms with Crippen LogP contribution in [0.1, 0.15) is 33.8 Å². The van der Waals surface area contributed by atoms with Gasteiger partial charge in [-0.05, 0) is 44.4 Å². The molecule has 21 heavy (non-hydrogen) atoms. The fourth-order valence-electron chi connectivity index (χ4n) is 2.44. The highest BCUT2D eigenvalue weighted by atomic mass is 32.1. The first-order valence-electron chi connectivity index (χ1n) is 7.14. The molecule has 0 aliphatic heterocycles. The Morgan fingerprint density at radius 3 is 2.52 bits per heavy atom. The maximum atomic E-state index is 12.2. The summed E-state index contributed by atoms with van der Waals surface area (Å²) >= 11 is 1.75. The van der Waals surface area contributed by atoms with Gasteiger partial charge in [0.25, 0.3) is 0 Å². The minimum atomic E-state index is -0.519. The van der Waals surface area contributed by atoms with Crippen LogP contribution >= 0.6 is 11.3 Å². The van der Waals surface area contributed by atoms with Crippen molar-refractivity contribution >= 4 is 17.2 Å². The minimum Gasteiger partial charge on any atom is -0.348 e. The maximum absolute atomic E-state index is 12.2. The van der Waals surface area contributed by atoms with E-state index in [0.717, 1.165) is 5.56 Å². The molecule has 2 aromatic rings. The average Bonchev–Trinajstić information content (AvgIpc) is 2.78. The molecule has 1 aromatic heterocycles. The number of rotatable bonds is 5. The monoisotopic (exact) mass is 302 g/mol. The van der Waals surface area contributed by atoms with Crippen molar-refractivity contribution in [1.82, 2.24) is 5.32 Å². The lowest BCUT2D eigenvalue weighted by Gasteiger charge is -2.18. The summed E-state index contributed by atoms with van der Waals surface area (Å²) < 4.78 is 0. The molecule has 1 heterocycles. The number of amides is 1. The smallest absolute Gasteiger partial charge is 0.237 e. The van der Waals surface area contributed by atoms with Gasteiger partial charge in [0.1, 0.15) is 0 Å². The van der Waals surface area contributed by atoms with Gasteiger partial charge >= 0.3 is 0 Å². The summed E-state index contributed by atoms with van der Waals surface area (Å²) in [7, 11) is 0. The highest BCUT2D eigenvalue weighted by molar-refractivity contribution is 7.12. The number of carbonyl (C=O) groups is 1. The molecule has 3 N–H and O–H groups in total. The first-order valence-corrected chi connectivity index (χ1v) is 7.96. The molecule has 1 amide bonds. The predicted octanol–water partition coefficient (Wildman–Crippen LogP) is 3.11. The fourth-order valence-corrected chi connectivity index (χ4v) is 3.46. The lowest BCUT2D eigenvalue weighted by atomic mass is 10.0. The van der Waals surface area contributed by atoms with Gasteiger partial charge in [-0.15, -0.1) is 11.3 Å². The number of nitrogens with one attached hydrogen (secondary N) is 1. The van der Waals surface area contributed by atoms with Gasteiger partial charge in [-0.25, -0.2) is 0 Å². The Morgan fingerprint density at radius 1 is 1.29 bits per heavy atom. The van der Waals surface area contributed by atoms with E-state index in [0.29, 0.717) is 6.42 Å². The standard InChI is InChI=1S/C17H22N2OS/c1-11-9-15(13(3)21-11)12(2)19-17(20)16(18)10-14-7-5-4-6-8-14/h4-9,12,16H,10,18H2,1-3H3,(H,19,20)/t12?,16-/m1/s1. The van der Waals surface area contributed by atoms with E-state index in [9.17, 15) is 4.79 Å². The van der Waals surface area contributed by atoms with Crippen LogP contribution in [0, 0.1) is 13.8 Å². The van der Waals surface area contributed by atoms with Crippen LogP contribution in [-0.4, -0.2) is 11.9 Å². The first kappa shape index (κ1) is 15.7. The fraction of sp³-hybridized carbons (Fsp3) is 0.353. The number of hydrogen-bond donors (Lipinski definition) is 2. The Hall–Kier alpha value is -1.65. The zero-order chi connectivity index (χ0) is 15.4. The summed E-state index contributed by atoms with van der Waals surface area (Å²) in [6.07, 6.45) is 0.557. The second-order valence-electron chi connectivity index (χ2n) is 5.40. The molecule has 4 heteroatoms. The zero-order valence-electron chi connectivity index (χ0n) is 12.7. The largest absolute Gasteiger partial charge is 0.348 e. The molecule has 2 atom stereocenters. The maximum Gasteiger partial charge on any atom is 0.237 e. The molecule has 112 valence electrons. The van der Waals surface area contributed by atoms with Crippen molar-refractivity contribution in [3.63, 3.8) is 0 Å². The van der Waals surface area contributed by atoms with Crippen LogP contribution in [0.4, 0.5) is 0 Å². The van der Waals surface area contributed by atoms with Crippen LogP contribution in [0.5, 0.6) is 0 Å². The van der Waals surface area contributed by atoms with E-state index in [4.69, 9.17) is 5.73 Å². The van der Waals surface area contributed by atoms with E-state index in [1.54, 1.807) is 11.3 Å². The van der Waals surface area contributed by atoms with Gasteiger partial charge in [0, 0.05) is 9.75 Å². The van der Waals surface area contributed by atoms with Gasteiger partial charge in [-0.1, -0.05) is 30.3 Å². The van der Waals surface area contributed by atoms with Crippen LogP contribution in [0.3, 0.4) is 0 Å². The summed E-state index contributed by atoms with van der Waals surface area (Å²) in [5.74, 6) is -0.102. The van der Waals surface area contributed by atoms with Crippen molar-refractivity contribution < 1.29 is 4.79 Å². The molecule has 1 unspecified atom stereocenters. The second kappa shape index (κ2) is 6.87. The van der Waals surface area contributed by atoms with Crippen molar-refractivity contribution in [3.05, 3.63) is 57.3 Å². The normalized spacial score (nSPS) is 13.7. The van der Waals surface area contributed by atoms with Crippen LogP contribution in [0.25, 0.3) is 0 Å². The first-order chi connectivity index (χ1) is 9.97. The van der Waals surface area contributed by atoms with Crippen molar-refractivity contribution in [2.24, 2.45) is 5.73 Å². The Morgan fingerprint density at radius 2 is 1.95 bits per heavy atom. The van der Waals surface area contributed by atoms with E-state index < -0.39 is 6.04 Å². The molecule has 0 aliphatic rings. The van der Waals surface area contributed by atoms with Gasteiger partial charge in [-0.3, -0.25) is 4.79 Å². The van der Waals surface area contributed by atoms with Gasteiger partial charge in [0.15, 0.2) is 0 Å². The number of hydrogen-bond acceptors (Lipinski definition) is 3. The van der Waals surface area contributed by atoms with Crippen molar-refractivity contribution in [2.45, 2.75) is 39.3 Å². The molecule has 0 spiro atoms. The third kappa shape index (κ3) is 4.16. The minimum absolute atomic E-state index is 0.00993. The third-order valence-corrected chi connectivity index (χ3v) is 4.52. The summed E-state index contributed by atoms with van der Waals surface area (Å²) in [5, 5.41) is 3.01. The highest BCUT2D eigenvalue weighted by Crippen LogP contribution is 2.26. The summed E-state index contributed by atoms with van der Waals surface area (Å²) in [4.78, 5) is 14.7. The highest BCUT2D eigenvalue weighted by Gasteiger charge is 2.18. The van der Waals surface area contributed by atoms with Crippen LogP contribution in [0.15, 0.2) is 36.4 Å². The molecule has 0 saturated carbocycles. The molecule has 2 rings (SSSR count).